The maximum absolute atomic E-state index is 5.94. The molecule has 1 atom stereocenters. The van der Waals surface area contributed by atoms with Gasteiger partial charge in [0, 0.05) is 50.7 Å². The van der Waals surface area contributed by atoms with Crippen molar-refractivity contribution in [3.63, 3.8) is 0 Å². The third kappa shape index (κ3) is 5.39. The number of guanidine groups is 1. The van der Waals surface area contributed by atoms with Crippen LogP contribution in [0.4, 0.5) is 0 Å². The van der Waals surface area contributed by atoms with E-state index in [-0.39, 0.29) is 11.5 Å². The number of hydrogen-bond acceptors (Lipinski definition) is 4. The van der Waals surface area contributed by atoms with Gasteiger partial charge in [0.05, 0.1) is 19.8 Å². The second kappa shape index (κ2) is 9.61. The van der Waals surface area contributed by atoms with E-state index < -0.39 is 0 Å². The van der Waals surface area contributed by atoms with E-state index in [1.54, 1.807) is 7.11 Å². The van der Waals surface area contributed by atoms with Crippen molar-refractivity contribution >= 4 is 5.96 Å². The summed E-state index contributed by atoms with van der Waals surface area (Å²) >= 11 is 0. The Balaban J connectivity index is 1.49. The van der Waals surface area contributed by atoms with Crippen molar-refractivity contribution in [3.05, 3.63) is 29.8 Å². The molecule has 6 heteroatoms. The molecule has 0 amide bonds. The molecule has 1 saturated heterocycles. The fourth-order valence-electron chi connectivity index (χ4n) is 4.05. The summed E-state index contributed by atoms with van der Waals surface area (Å²) in [6, 6.07) is 8.35. The number of nitrogens with one attached hydrogen (secondary N) is 2. The molecule has 3 rings (SSSR count). The summed E-state index contributed by atoms with van der Waals surface area (Å²) < 4.78 is 11.5. The number of rotatable bonds is 8. The van der Waals surface area contributed by atoms with Gasteiger partial charge in [0.1, 0.15) is 5.75 Å². The van der Waals surface area contributed by atoms with E-state index >= 15 is 0 Å². The summed E-state index contributed by atoms with van der Waals surface area (Å²) in [6.07, 6.45) is 2.55. The first-order valence-electron chi connectivity index (χ1n) is 10.5. The first-order valence-corrected chi connectivity index (χ1v) is 10.5. The van der Waals surface area contributed by atoms with E-state index in [4.69, 9.17) is 9.47 Å². The van der Waals surface area contributed by atoms with Crippen LogP contribution in [0.3, 0.4) is 0 Å². The van der Waals surface area contributed by atoms with Gasteiger partial charge in [-0.15, -0.1) is 0 Å². The maximum atomic E-state index is 5.94. The van der Waals surface area contributed by atoms with Gasteiger partial charge >= 0.3 is 0 Å². The van der Waals surface area contributed by atoms with E-state index in [1.165, 1.54) is 18.4 Å². The fraction of sp³-hybridized carbons (Fsp3) is 0.682. The highest BCUT2D eigenvalue weighted by molar-refractivity contribution is 5.79. The number of morpholine rings is 1. The van der Waals surface area contributed by atoms with Crippen LogP contribution in [-0.2, 0) is 10.2 Å². The lowest BCUT2D eigenvalue weighted by atomic mass is 9.95. The molecule has 156 valence electrons. The monoisotopic (exact) mass is 388 g/mol. The highest BCUT2D eigenvalue weighted by atomic mass is 16.5. The van der Waals surface area contributed by atoms with E-state index in [2.05, 4.69) is 46.5 Å². The van der Waals surface area contributed by atoms with Crippen molar-refractivity contribution in [1.82, 2.24) is 15.5 Å². The number of benzene rings is 1. The van der Waals surface area contributed by atoms with Gasteiger partial charge in [-0.3, -0.25) is 9.89 Å². The van der Waals surface area contributed by atoms with Gasteiger partial charge in [-0.05, 0) is 24.8 Å². The number of aliphatic imine (C=N–C) groups is 1. The van der Waals surface area contributed by atoms with Crippen molar-refractivity contribution in [2.75, 3.05) is 53.5 Å². The van der Waals surface area contributed by atoms with Crippen LogP contribution in [-0.4, -0.2) is 70.5 Å². The number of para-hydroxylation sites is 1. The highest BCUT2D eigenvalue weighted by Gasteiger charge is 2.46. The maximum Gasteiger partial charge on any atom is 0.191 e. The minimum Gasteiger partial charge on any atom is -0.496 e. The Kier molecular flexibility index (Phi) is 7.18. The topological polar surface area (TPSA) is 58.1 Å². The van der Waals surface area contributed by atoms with Gasteiger partial charge in [0.25, 0.3) is 0 Å². The molecule has 1 aliphatic heterocycles. The summed E-state index contributed by atoms with van der Waals surface area (Å²) in [5, 5.41) is 6.97. The molecular formula is C22H36N4O2. The zero-order chi connectivity index (χ0) is 20.0. The van der Waals surface area contributed by atoms with Crippen molar-refractivity contribution in [2.45, 2.75) is 38.2 Å². The lowest BCUT2D eigenvalue weighted by molar-refractivity contribution is -0.0284. The summed E-state index contributed by atoms with van der Waals surface area (Å²) in [7, 11) is 3.57. The van der Waals surface area contributed by atoms with E-state index in [9.17, 15) is 0 Å². The van der Waals surface area contributed by atoms with Gasteiger partial charge in [0.15, 0.2) is 5.96 Å². The zero-order valence-electron chi connectivity index (χ0n) is 17.8. The van der Waals surface area contributed by atoms with E-state index in [0.29, 0.717) is 5.92 Å². The lowest BCUT2D eigenvalue weighted by Crippen LogP contribution is -2.50. The Morgan fingerprint density at radius 1 is 1.32 bits per heavy atom. The van der Waals surface area contributed by atoms with Crippen molar-refractivity contribution < 1.29 is 9.47 Å². The van der Waals surface area contributed by atoms with Crippen molar-refractivity contribution in [1.29, 1.82) is 0 Å². The van der Waals surface area contributed by atoms with Gasteiger partial charge in [0.2, 0.25) is 0 Å². The summed E-state index contributed by atoms with van der Waals surface area (Å²) in [5.41, 5.74) is 1.44. The van der Waals surface area contributed by atoms with Crippen LogP contribution in [0.5, 0.6) is 5.75 Å². The predicted octanol–water partition coefficient (Wildman–Crippen LogP) is 2.25. The Morgan fingerprint density at radius 2 is 2.11 bits per heavy atom. The van der Waals surface area contributed by atoms with Crippen LogP contribution < -0.4 is 15.4 Å². The van der Waals surface area contributed by atoms with Gasteiger partial charge in [-0.2, -0.15) is 0 Å². The minimum absolute atomic E-state index is 0.152. The van der Waals surface area contributed by atoms with Crippen LogP contribution in [0.2, 0.25) is 0 Å². The quantitative estimate of drug-likeness (QED) is 0.528. The smallest absolute Gasteiger partial charge is 0.191 e. The Morgan fingerprint density at radius 3 is 2.79 bits per heavy atom. The predicted molar refractivity (Wildman–Crippen MR) is 114 cm³/mol. The van der Waals surface area contributed by atoms with Gasteiger partial charge < -0.3 is 20.1 Å². The molecule has 0 radical (unpaired) electrons. The standard InChI is InChI=1S/C22H36N4O2/c1-17(2)14-26-11-12-28-18(15-26)13-24-21(23-3)25-16-22(9-10-22)19-7-5-6-8-20(19)27-4/h5-8,17-18H,9-16H2,1-4H3,(H2,23,24,25). The summed E-state index contributed by atoms with van der Waals surface area (Å²) in [4.78, 5) is 6.90. The third-order valence-corrected chi connectivity index (χ3v) is 5.69. The average molecular weight is 389 g/mol. The molecule has 28 heavy (non-hydrogen) atoms. The summed E-state index contributed by atoms with van der Waals surface area (Å²) in [5.74, 6) is 2.50. The average Bonchev–Trinajstić information content (AvgIpc) is 3.49. The normalized spacial score (nSPS) is 22.2. The van der Waals surface area contributed by atoms with Gasteiger partial charge in [-0.1, -0.05) is 32.0 Å². The van der Waals surface area contributed by atoms with Crippen LogP contribution >= 0.6 is 0 Å². The first kappa shape index (κ1) is 20.9. The molecule has 0 bridgehead atoms. The third-order valence-electron chi connectivity index (χ3n) is 5.69. The van der Waals surface area contributed by atoms with Crippen molar-refractivity contribution in [2.24, 2.45) is 10.9 Å². The van der Waals surface area contributed by atoms with E-state index in [0.717, 1.165) is 51.0 Å². The Bertz CT molecular complexity index is 658. The van der Waals surface area contributed by atoms with E-state index in [1.807, 2.05) is 19.2 Å². The molecule has 2 fully saturated rings. The van der Waals surface area contributed by atoms with Crippen LogP contribution in [0, 0.1) is 5.92 Å². The number of nitrogens with zero attached hydrogens (tertiary/aromatic N) is 2. The molecule has 2 N–H and O–H groups in total. The lowest BCUT2D eigenvalue weighted by Gasteiger charge is -2.34. The van der Waals surface area contributed by atoms with Gasteiger partial charge in [-0.25, -0.2) is 0 Å². The molecule has 1 aromatic rings. The SMILES string of the molecule is CN=C(NCC1CN(CC(C)C)CCO1)NCC1(c2ccccc2OC)CC1. The number of hydrogen-bond donors (Lipinski definition) is 2. The number of methoxy groups -OCH3 is 1. The molecule has 6 nitrogen and oxygen atoms in total. The Hall–Kier alpha value is -1.79. The van der Waals surface area contributed by atoms with Crippen LogP contribution in [0.15, 0.2) is 29.3 Å². The fourth-order valence-corrected chi connectivity index (χ4v) is 4.05. The Labute approximate surface area is 169 Å². The first-order chi connectivity index (χ1) is 13.6. The van der Waals surface area contributed by atoms with Crippen LogP contribution in [0.1, 0.15) is 32.3 Å². The molecule has 0 aromatic heterocycles. The van der Waals surface area contributed by atoms with Crippen LogP contribution in [0.25, 0.3) is 0 Å². The highest BCUT2D eigenvalue weighted by Crippen LogP contribution is 2.50. The zero-order valence-corrected chi connectivity index (χ0v) is 17.8. The number of ether oxygens (including phenoxy) is 2. The van der Waals surface area contributed by atoms with Crippen molar-refractivity contribution in [3.8, 4) is 5.75 Å². The second-order valence-electron chi connectivity index (χ2n) is 8.43. The summed E-state index contributed by atoms with van der Waals surface area (Å²) in [6.45, 7) is 10.1. The minimum atomic E-state index is 0.152. The molecule has 1 aliphatic carbocycles. The molecule has 1 aromatic carbocycles. The molecule has 2 aliphatic rings. The molecule has 1 saturated carbocycles. The molecule has 0 spiro atoms. The molecular weight excluding hydrogens is 352 g/mol. The molecule has 1 unspecified atom stereocenters. The second-order valence-corrected chi connectivity index (χ2v) is 8.43. The molecule has 1 heterocycles. The largest absolute Gasteiger partial charge is 0.496 e.